The van der Waals surface area contributed by atoms with Gasteiger partial charge in [0.25, 0.3) is 5.69 Å². The van der Waals surface area contributed by atoms with Gasteiger partial charge in [0.05, 0.1) is 22.4 Å². The Morgan fingerprint density at radius 3 is 2.57 bits per heavy atom. The Morgan fingerprint density at radius 1 is 1.48 bits per heavy atom. The summed E-state index contributed by atoms with van der Waals surface area (Å²) in [6.45, 7) is 0.00419. The number of carbonyl (C=O) groups is 1. The minimum atomic E-state index is -3.65. The monoisotopic (exact) mass is 321 g/mol. The van der Waals surface area contributed by atoms with Crippen LogP contribution in [0.1, 0.15) is 16.8 Å². The lowest BCUT2D eigenvalue weighted by Gasteiger charge is -2.08. The zero-order valence-corrected chi connectivity index (χ0v) is 11.4. The van der Waals surface area contributed by atoms with Gasteiger partial charge < -0.3 is 10.4 Å². The lowest BCUT2D eigenvalue weighted by atomic mass is 10.1. The standard InChI is InChI=1S/C10H12FN3O6S/c11-7-5-9(14(17)18)6(10(15)16)4-8(7)13-2-1-3-21(12,19)20/h4-5,13H,1-3H2,(H,15,16)(H2,12,19,20). The smallest absolute Gasteiger partial charge is 0.342 e. The fourth-order valence-electron chi connectivity index (χ4n) is 1.52. The van der Waals surface area contributed by atoms with Gasteiger partial charge in [0, 0.05) is 6.54 Å². The van der Waals surface area contributed by atoms with Crippen LogP contribution in [-0.2, 0) is 10.0 Å². The molecule has 0 bridgehead atoms. The molecule has 0 saturated carbocycles. The lowest BCUT2D eigenvalue weighted by molar-refractivity contribution is -0.385. The highest BCUT2D eigenvalue weighted by atomic mass is 32.2. The Hall–Kier alpha value is -2.27. The molecule has 0 aliphatic heterocycles. The summed E-state index contributed by atoms with van der Waals surface area (Å²) in [6.07, 6.45) is 0.0671. The van der Waals surface area contributed by atoms with Crippen molar-refractivity contribution >= 4 is 27.4 Å². The summed E-state index contributed by atoms with van der Waals surface area (Å²) in [6, 6.07) is 1.28. The molecule has 1 aromatic rings. The SMILES string of the molecule is NS(=O)(=O)CCCNc1cc(C(=O)O)c([N+](=O)[O-])cc1F. The van der Waals surface area contributed by atoms with Gasteiger partial charge >= 0.3 is 5.97 Å². The van der Waals surface area contributed by atoms with Crippen LogP contribution in [0.4, 0.5) is 15.8 Å². The van der Waals surface area contributed by atoms with E-state index < -0.39 is 38.0 Å². The molecule has 1 rings (SSSR count). The highest BCUT2D eigenvalue weighted by Crippen LogP contribution is 2.26. The largest absolute Gasteiger partial charge is 0.477 e. The third-order valence-corrected chi connectivity index (χ3v) is 3.29. The highest BCUT2D eigenvalue weighted by molar-refractivity contribution is 7.89. The number of aromatic carboxylic acids is 1. The van der Waals surface area contributed by atoms with Crippen molar-refractivity contribution in [2.75, 3.05) is 17.6 Å². The van der Waals surface area contributed by atoms with E-state index in [0.29, 0.717) is 6.07 Å². The molecule has 11 heteroatoms. The first-order valence-electron chi connectivity index (χ1n) is 5.57. The van der Waals surface area contributed by atoms with E-state index in [1.165, 1.54) is 0 Å². The predicted molar refractivity (Wildman–Crippen MR) is 71.1 cm³/mol. The molecular formula is C10H12FN3O6S. The molecule has 116 valence electrons. The number of nitro benzene ring substituents is 1. The number of nitro groups is 1. The van der Waals surface area contributed by atoms with Crippen LogP contribution in [0.3, 0.4) is 0 Å². The molecule has 0 aliphatic carbocycles. The first-order valence-corrected chi connectivity index (χ1v) is 7.29. The zero-order valence-electron chi connectivity index (χ0n) is 10.6. The van der Waals surface area contributed by atoms with Crippen molar-refractivity contribution in [1.29, 1.82) is 0 Å². The number of carboxylic acids is 1. The van der Waals surface area contributed by atoms with Gasteiger partial charge in [-0.1, -0.05) is 0 Å². The zero-order chi connectivity index (χ0) is 16.2. The van der Waals surface area contributed by atoms with Crippen molar-refractivity contribution in [2.45, 2.75) is 6.42 Å². The van der Waals surface area contributed by atoms with Crippen molar-refractivity contribution in [1.82, 2.24) is 0 Å². The molecule has 0 heterocycles. The Balaban J connectivity index is 2.91. The minimum Gasteiger partial charge on any atom is -0.477 e. The molecule has 0 aliphatic rings. The molecule has 0 amide bonds. The molecule has 0 atom stereocenters. The number of anilines is 1. The Bertz CT molecular complexity index is 676. The third-order valence-electron chi connectivity index (χ3n) is 2.43. The van der Waals surface area contributed by atoms with E-state index in [-0.39, 0.29) is 24.4 Å². The molecule has 0 fully saturated rings. The number of nitrogens with one attached hydrogen (secondary N) is 1. The van der Waals surface area contributed by atoms with Crippen LogP contribution in [0, 0.1) is 15.9 Å². The van der Waals surface area contributed by atoms with Gasteiger partial charge in [0.15, 0.2) is 5.82 Å². The maximum atomic E-state index is 13.6. The van der Waals surface area contributed by atoms with Gasteiger partial charge in [0.2, 0.25) is 10.0 Å². The normalized spacial score (nSPS) is 11.1. The van der Waals surface area contributed by atoms with Gasteiger partial charge in [-0.25, -0.2) is 22.7 Å². The van der Waals surface area contributed by atoms with Crippen LogP contribution in [-0.4, -0.2) is 36.7 Å². The fourth-order valence-corrected chi connectivity index (χ4v) is 2.06. The first kappa shape index (κ1) is 16.8. The van der Waals surface area contributed by atoms with Crippen molar-refractivity contribution in [3.8, 4) is 0 Å². The molecule has 4 N–H and O–H groups in total. The van der Waals surface area contributed by atoms with Crippen LogP contribution in [0.2, 0.25) is 0 Å². The second-order valence-electron chi connectivity index (χ2n) is 4.06. The van der Waals surface area contributed by atoms with Gasteiger partial charge in [-0.3, -0.25) is 10.1 Å². The van der Waals surface area contributed by atoms with E-state index in [4.69, 9.17) is 10.2 Å². The van der Waals surface area contributed by atoms with Gasteiger partial charge in [-0.15, -0.1) is 0 Å². The quantitative estimate of drug-likeness (QED) is 0.376. The van der Waals surface area contributed by atoms with Crippen LogP contribution in [0.15, 0.2) is 12.1 Å². The van der Waals surface area contributed by atoms with E-state index in [1.54, 1.807) is 0 Å². The average Bonchev–Trinajstić information content (AvgIpc) is 2.33. The second kappa shape index (κ2) is 6.45. The molecule has 0 saturated heterocycles. The lowest BCUT2D eigenvalue weighted by Crippen LogP contribution is -2.19. The number of sulfonamides is 1. The number of rotatable bonds is 7. The summed E-state index contributed by atoms with van der Waals surface area (Å²) in [5.74, 6) is -2.92. The maximum Gasteiger partial charge on any atom is 0.342 e. The van der Waals surface area contributed by atoms with Crippen LogP contribution in [0.5, 0.6) is 0 Å². The molecule has 0 aromatic heterocycles. The summed E-state index contributed by atoms with van der Waals surface area (Å²) >= 11 is 0. The minimum absolute atomic E-state index is 0.00419. The number of carboxylic acid groups (broad SMARTS) is 1. The summed E-state index contributed by atoms with van der Waals surface area (Å²) in [4.78, 5) is 20.5. The topological polar surface area (TPSA) is 153 Å². The summed E-state index contributed by atoms with van der Waals surface area (Å²) < 4.78 is 35.0. The van der Waals surface area contributed by atoms with E-state index >= 15 is 0 Å². The molecule has 1 aromatic carbocycles. The second-order valence-corrected chi connectivity index (χ2v) is 5.79. The third kappa shape index (κ3) is 4.96. The Morgan fingerprint density at radius 2 is 2.10 bits per heavy atom. The maximum absolute atomic E-state index is 13.6. The number of benzene rings is 1. The number of primary sulfonamides is 1. The summed E-state index contributed by atoms with van der Waals surface area (Å²) in [7, 11) is -3.65. The number of nitrogens with zero attached hydrogens (tertiary/aromatic N) is 1. The number of halogens is 1. The molecule has 0 spiro atoms. The van der Waals surface area contributed by atoms with Gasteiger partial charge in [-0.05, 0) is 12.5 Å². The van der Waals surface area contributed by atoms with Crippen LogP contribution >= 0.6 is 0 Å². The Labute approximate surface area is 118 Å². The number of hydrogen-bond donors (Lipinski definition) is 3. The van der Waals surface area contributed by atoms with E-state index in [0.717, 1.165) is 6.07 Å². The van der Waals surface area contributed by atoms with Crippen molar-refractivity contribution in [3.05, 3.63) is 33.6 Å². The van der Waals surface area contributed by atoms with Gasteiger partial charge in [0.1, 0.15) is 5.56 Å². The fraction of sp³-hybridized carbons (Fsp3) is 0.300. The summed E-state index contributed by atoms with van der Waals surface area (Å²) in [5, 5.41) is 26.7. The molecular weight excluding hydrogens is 309 g/mol. The predicted octanol–water partition coefficient (Wildman–Crippen LogP) is 0.523. The van der Waals surface area contributed by atoms with E-state index in [1.807, 2.05) is 0 Å². The van der Waals surface area contributed by atoms with Crippen molar-refractivity contribution in [3.63, 3.8) is 0 Å². The highest BCUT2D eigenvalue weighted by Gasteiger charge is 2.23. The average molecular weight is 321 g/mol. The van der Waals surface area contributed by atoms with Crippen molar-refractivity contribution in [2.24, 2.45) is 5.14 Å². The van der Waals surface area contributed by atoms with Crippen LogP contribution in [0.25, 0.3) is 0 Å². The van der Waals surface area contributed by atoms with Crippen LogP contribution < -0.4 is 10.5 Å². The first-order chi connectivity index (χ1) is 9.61. The van der Waals surface area contributed by atoms with Gasteiger partial charge in [-0.2, -0.15) is 0 Å². The molecule has 0 unspecified atom stereocenters. The molecule has 21 heavy (non-hydrogen) atoms. The molecule has 0 radical (unpaired) electrons. The Kier molecular flexibility index (Phi) is 5.16. The molecule has 9 nitrogen and oxygen atoms in total. The number of nitrogens with two attached hydrogens (primary N) is 1. The number of hydrogen-bond acceptors (Lipinski definition) is 6. The van der Waals surface area contributed by atoms with Crippen molar-refractivity contribution < 1.29 is 27.6 Å². The summed E-state index contributed by atoms with van der Waals surface area (Å²) in [5.41, 5.74) is -1.81. The van der Waals surface area contributed by atoms with E-state index in [2.05, 4.69) is 5.32 Å². The van der Waals surface area contributed by atoms with E-state index in [9.17, 15) is 27.7 Å².